The SMILES string of the molecule is Cl.O=C(Nc1ccc(CC2CCCC(COc3ccccc3)C2)cc1)N1CCNCC1. The van der Waals surface area contributed by atoms with Crippen LogP contribution < -0.4 is 15.4 Å². The molecule has 2 amide bonds. The van der Waals surface area contributed by atoms with Crippen LogP contribution in [0.1, 0.15) is 31.2 Å². The van der Waals surface area contributed by atoms with Gasteiger partial charge in [0.1, 0.15) is 5.75 Å². The Morgan fingerprint density at radius 1 is 1.00 bits per heavy atom. The summed E-state index contributed by atoms with van der Waals surface area (Å²) in [7, 11) is 0. The number of benzene rings is 2. The summed E-state index contributed by atoms with van der Waals surface area (Å²) in [4.78, 5) is 14.2. The van der Waals surface area contributed by atoms with E-state index in [4.69, 9.17) is 4.74 Å². The van der Waals surface area contributed by atoms with E-state index in [-0.39, 0.29) is 18.4 Å². The van der Waals surface area contributed by atoms with Crippen LogP contribution in [0.15, 0.2) is 54.6 Å². The molecule has 2 fully saturated rings. The van der Waals surface area contributed by atoms with Gasteiger partial charge >= 0.3 is 6.03 Å². The highest BCUT2D eigenvalue weighted by molar-refractivity contribution is 5.89. The number of amides is 2. The molecular formula is C25H34ClN3O2. The summed E-state index contributed by atoms with van der Waals surface area (Å²) >= 11 is 0. The van der Waals surface area contributed by atoms with Crippen LogP contribution in [0, 0.1) is 11.8 Å². The monoisotopic (exact) mass is 443 g/mol. The van der Waals surface area contributed by atoms with Crippen molar-refractivity contribution in [1.82, 2.24) is 10.2 Å². The molecule has 1 saturated heterocycles. The van der Waals surface area contributed by atoms with Gasteiger partial charge in [0, 0.05) is 31.9 Å². The number of halogens is 1. The van der Waals surface area contributed by atoms with Crippen LogP contribution >= 0.6 is 12.4 Å². The third-order valence-electron chi connectivity index (χ3n) is 6.25. The van der Waals surface area contributed by atoms with Gasteiger partial charge in [-0.3, -0.25) is 0 Å². The average Bonchev–Trinajstić information content (AvgIpc) is 2.80. The lowest BCUT2D eigenvalue weighted by atomic mass is 9.79. The molecule has 31 heavy (non-hydrogen) atoms. The zero-order valence-electron chi connectivity index (χ0n) is 18.1. The first-order chi connectivity index (χ1) is 14.8. The van der Waals surface area contributed by atoms with Gasteiger partial charge in [-0.15, -0.1) is 12.4 Å². The molecule has 2 aliphatic rings. The molecule has 2 atom stereocenters. The Balaban J connectivity index is 0.00000272. The number of carbonyl (C=O) groups is 1. The topological polar surface area (TPSA) is 53.6 Å². The van der Waals surface area contributed by atoms with E-state index in [0.29, 0.717) is 11.8 Å². The largest absolute Gasteiger partial charge is 0.493 e. The molecule has 2 N–H and O–H groups in total. The Labute approximate surface area is 192 Å². The fourth-order valence-electron chi connectivity index (χ4n) is 4.60. The lowest BCUT2D eigenvalue weighted by molar-refractivity contribution is 0.175. The summed E-state index contributed by atoms with van der Waals surface area (Å²) in [6.07, 6.45) is 6.18. The zero-order valence-corrected chi connectivity index (χ0v) is 18.9. The van der Waals surface area contributed by atoms with Crippen molar-refractivity contribution in [3.63, 3.8) is 0 Å². The van der Waals surface area contributed by atoms with Gasteiger partial charge in [0.05, 0.1) is 6.61 Å². The summed E-state index contributed by atoms with van der Waals surface area (Å²) in [5, 5.41) is 6.29. The minimum absolute atomic E-state index is 0. The summed E-state index contributed by atoms with van der Waals surface area (Å²) in [6, 6.07) is 18.5. The van der Waals surface area contributed by atoms with Crippen LogP contribution in [0.4, 0.5) is 10.5 Å². The van der Waals surface area contributed by atoms with Crippen LogP contribution in [0.2, 0.25) is 0 Å². The Morgan fingerprint density at radius 3 is 2.45 bits per heavy atom. The number of nitrogens with zero attached hydrogens (tertiary/aromatic N) is 1. The molecule has 4 rings (SSSR count). The van der Waals surface area contributed by atoms with Crippen molar-refractivity contribution in [1.29, 1.82) is 0 Å². The number of anilines is 1. The first-order valence-corrected chi connectivity index (χ1v) is 11.3. The van der Waals surface area contributed by atoms with Crippen molar-refractivity contribution < 1.29 is 9.53 Å². The van der Waals surface area contributed by atoms with Crippen molar-refractivity contribution in [3.05, 3.63) is 60.2 Å². The first-order valence-electron chi connectivity index (χ1n) is 11.3. The minimum Gasteiger partial charge on any atom is -0.493 e. The molecule has 168 valence electrons. The van der Waals surface area contributed by atoms with Crippen LogP contribution in [0.25, 0.3) is 0 Å². The average molecular weight is 444 g/mol. The van der Waals surface area contributed by atoms with Crippen molar-refractivity contribution in [3.8, 4) is 5.75 Å². The van der Waals surface area contributed by atoms with Crippen molar-refractivity contribution in [2.24, 2.45) is 11.8 Å². The van der Waals surface area contributed by atoms with Crippen molar-refractivity contribution in [2.45, 2.75) is 32.1 Å². The lowest BCUT2D eigenvalue weighted by Gasteiger charge is -2.29. The van der Waals surface area contributed by atoms with Gasteiger partial charge in [0.25, 0.3) is 0 Å². The van der Waals surface area contributed by atoms with E-state index >= 15 is 0 Å². The van der Waals surface area contributed by atoms with E-state index in [1.165, 1.54) is 31.2 Å². The summed E-state index contributed by atoms with van der Waals surface area (Å²) < 4.78 is 6.00. The van der Waals surface area contributed by atoms with Crippen LogP contribution in [-0.4, -0.2) is 43.7 Å². The Bertz CT molecular complexity index is 794. The second-order valence-electron chi connectivity index (χ2n) is 8.59. The number of carbonyl (C=O) groups excluding carboxylic acids is 1. The maximum Gasteiger partial charge on any atom is 0.321 e. The Morgan fingerprint density at radius 2 is 1.71 bits per heavy atom. The second kappa shape index (κ2) is 12.0. The third kappa shape index (κ3) is 7.15. The molecule has 0 aromatic heterocycles. The Hall–Kier alpha value is -2.24. The molecule has 2 aromatic rings. The summed E-state index contributed by atoms with van der Waals surface area (Å²) in [5.41, 5.74) is 2.23. The van der Waals surface area contributed by atoms with Gasteiger partial charge in [-0.25, -0.2) is 4.79 Å². The standard InChI is InChI=1S/C25H33N3O2.ClH/c29-25(28-15-13-26-14-16-28)27-23-11-9-20(10-12-23)17-21-5-4-6-22(18-21)19-30-24-7-2-1-3-8-24;/h1-3,7-12,21-22,26H,4-6,13-19H2,(H,27,29);1H. The van der Waals surface area contributed by atoms with Gasteiger partial charge in [-0.1, -0.05) is 43.2 Å². The fourth-order valence-corrected chi connectivity index (χ4v) is 4.60. The number of hydrogen-bond donors (Lipinski definition) is 2. The Kier molecular flexibility index (Phi) is 9.04. The molecule has 2 aromatic carbocycles. The number of para-hydroxylation sites is 1. The van der Waals surface area contributed by atoms with Gasteiger partial charge in [-0.2, -0.15) is 0 Å². The maximum atomic E-state index is 12.3. The molecule has 2 unspecified atom stereocenters. The van der Waals surface area contributed by atoms with Crippen LogP contribution in [0.3, 0.4) is 0 Å². The number of hydrogen-bond acceptors (Lipinski definition) is 3. The third-order valence-corrected chi connectivity index (χ3v) is 6.25. The molecule has 1 saturated carbocycles. The molecular weight excluding hydrogens is 410 g/mol. The van der Waals surface area contributed by atoms with Crippen LogP contribution in [-0.2, 0) is 6.42 Å². The zero-order chi connectivity index (χ0) is 20.6. The molecule has 6 heteroatoms. The smallest absolute Gasteiger partial charge is 0.321 e. The maximum absolute atomic E-state index is 12.3. The van der Waals surface area contributed by atoms with E-state index in [9.17, 15) is 4.79 Å². The lowest BCUT2D eigenvalue weighted by Crippen LogP contribution is -2.48. The highest BCUT2D eigenvalue weighted by Gasteiger charge is 2.23. The number of nitrogens with one attached hydrogen (secondary N) is 2. The minimum atomic E-state index is -0.00205. The number of rotatable bonds is 6. The van der Waals surface area contributed by atoms with E-state index in [1.54, 1.807) is 0 Å². The van der Waals surface area contributed by atoms with Crippen molar-refractivity contribution in [2.75, 3.05) is 38.1 Å². The summed E-state index contributed by atoms with van der Waals surface area (Å²) in [5.74, 6) is 2.32. The molecule has 1 heterocycles. The molecule has 5 nitrogen and oxygen atoms in total. The van der Waals surface area contributed by atoms with Gasteiger partial charge in [-0.05, 0) is 60.9 Å². The number of ether oxygens (including phenoxy) is 1. The molecule has 1 aliphatic carbocycles. The fraction of sp³-hybridized carbons (Fsp3) is 0.480. The van der Waals surface area contributed by atoms with Crippen molar-refractivity contribution >= 4 is 24.1 Å². The molecule has 0 spiro atoms. The molecule has 1 aliphatic heterocycles. The van der Waals surface area contributed by atoms with Gasteiger partial charge in [0.15, 0.2) is 0 Å². The molecule has 0 bridgehead atoms. The second-order valence-corrected chi connectivity index (χ2v) is 8.59. The van der Waals surface area contributed by atoms with E-state index in [0.717, 1.165) is 50.6 Å². The van der Waals surface area contributed by atoms with Gasteiger partial charge in [0.2, 0.25) is 0 Å². The van der Waals surface area contributed by atoms with E-state index in [1.807, 2.05) is 47.4 Å². The van der Waals surface area contributed by atoms with Gasteiger partial charge < -0.3 is 20.3 Å². The normalized spacial score (nSPS) is 21.1. The van der Waals surface area contributed by atoms with Crippen LogP contribution in [0.5, 0.6) is 5.75 Å². The summed E-state index contributed by atoms with van der Waals surface area (Å²) in [6.45, 7) is 4.08. The number of piperazine rings is 1. The predicted octanol–water partition coefficient (Wildman–Crippen LogP) is 4.97. The first kappa shape index (κ1) is 23.4. The highest BCUT2D eigenvalue weighted by Crippen LogP contribution is 2.32. The predicted molar refractivity (Wildman–Crippen MR) is 128 cm³/mol. The highest BCUT2D eigenvalue weighted by atomic mass is 35.5. The van der Waals surface area contributed by atoms with E-state index < -0.39 is 0 Å². The van der Waals surface area contributed by atoms with E-state index in [2.05, 4.69) is 22.8 Å². The quantitative estimate of drug-likeness (QED) is 0.662. The molecule has 0 radical (unpaired) electrons. The number of urea groups is 1.